The van der Waals surface area contributed by atoms with Crippen molar-refractivity contribution in [2.75, 3.05) is 26.2 Å². The van der Waals surface area contributed by atoms with Crippen LogP contribution in [-0.4, -0.2) is 78.3 Å². The first kappa shape index (κ1) is 17.1. The van der Waals surface area contributed by atoms with Gasteiger partial charge < -0.3 is 4.90 Å². The van der Waals surface area contributed by atoms with E-state index in [0.717, 1.165) is 32.0 Å². The first-order valence-corrected chi connectivity index (χ1v) is 9.43. The lowest BCUT2D eigenvalue weighted by Crippen LogP contribution is -2.46. The fourth-order valence-corrected chi connectivity index (χ4v) is 3.78. The normalized spacial score (nSPS) is 22.0. The molecule has 1 aliphatic heterocycles. The minimum Gasteiger partial charge on any atom is -0.337 e. The number of carbonyl (C=O) groups excluding carboxylic acids is 1. The third-order valence-electron chi connectivity index (χ3n) is 5.42. The average molecular weight is 358 g/mol. The Balaban J connectivity index is 1.53. The van der Waals surface area contributed by atoms with E-state index in [1.54, 1.807) is 6.20 Å². The van der Waals surface area contributed by atoms with E-state index in [9.17, 15) is 4.79 Å². The Morgan fingerprint density at radius 2 is 2.19 bits per heavy atom. The van der Waals surface area contributed by atoms with Crippen LogP contribution in [0.3, 0.4) is 0 Å². The van der Waals surface area contributed by atoms with Gasteiger partial charge in [-0.25, -0.2) is 0 Å². The molecule has 140 valence electrons. The summed E-state index contributed by atoms with van der Waals surface area (Å²) in [6.45, 7) is 8.26. The van der Waals surface area contributed by atoms with Gasteiger partial charge in [0.15, 0.2) is 5.82 Å². The third-order valence-corrected chi connectivity index (χ3v) is 5.42. The molecule has 3 heterocycles. The van der Waals surface area contributed by atoms with E-state index in [1.165, 1.54) is 30.4 Å². The molecule has 0 bridgehead atoms. The monoisotopic (exact) mass is 358 g/mol. The second kappa shape index (κ2) is 7.14. The summed E-state index contributed by atoms with van der Waals surface area (Å²) in [5, 5.41) is 18.0. The Morgan fingerprint density at radius 1 is 1.35 bits per heavy atom. The molecule has 1 aliphatic carbocycles. The Labute approximate surface area is 152 Å². The van der Waals surface area contributed by atoms with Crippen molar-refractivity contribution in [2.45, 2.75) is 39.2 Å². The predicted octanol–water partition coefficient (Wildman–Crippen LogP) is 0.968. The van der Waals surface area contributed by atoms with Gasteiger partial charge in [0.05, 0.1) is 6.20 Å². The van der Waals surface area contributed by atoms with Crippen molar-refractivity contribution in [1.29, 1.82) is 0 Å². The van der Waals surface area contributed by atoms with Gasteiger partial charge in [-0.1, -0.05) is 13.8 Å². The van der Waals surface area contributed by atoms with Crippen LogP contribution in [0.4, 0.5) is 0 Å². The van der Waals surface area contributed by atoms with Gasteiger partial charge in [0.1, 0.15) is 11.9 Å². The first-order valence-electron chi connectivity index (χ1n) is 9.43. The number of hydrogen-bond donors (Lipinski definition) is 1. The van der Waals surface area contributed by atoms with Gasteiger partial charge in [-0.3, -0.25) is 14.8 Å². The van der Waals surface area contributed by atoms with E-state index in [4.69, 9.17) is 0 Å². The van der Waals surface area contributed by atoms with Crippen molar-refractivity contribution in [3.05, 3.63) is 18.1 Å². The Kier molecular flexibility index (Phi) is 4.71. The molecule has 1 saturated heterocycles. The molecule has 9 heteroatoms. The molecule has 2 aromatic rings. The van der Waals surface area contributed by atoms with E-state index in [1.807, 2.05) is 4.90 Å². The van der Waals surface area contributed by atoms with Crippen molar-refractivity contribution >= 4 is 5.91 Å². The predicted molar refractivity (Wildman–Crippen MR) is 94.7 cm³/mol. The smallest absolute Gasteiger partial charge is 0.259 e. The van der Waals surface area contributed by atoms with Crippen molar-refractivity contribution in [1.82, 2.24) is 40.2 Å². The standard InChI is InChI=1S/C17H26N8O/c1-12(2)15-10-24(7-3-6-23(15)9-13-4-5-13)17(26)14-8-18-20-16(14)25-11-19-21-22-25/h8,11-13,15H,3-7,9-10H2,1-2H3,(H,18,20). The second-order valence-electron chi connectivity index (χ2n) is 7.74. The summed E-state index contributed by atoms with van der Waals surface area (Å²) in [5.41, 5.74) is 0.510. The van der Waals surface area contributed by atoms with Crippen LogP contribution in [-0.2, 0) is 0 Å². The highest BCUT2D eigenvalue weighted by Crippen LogP contribution is 2.32. The highest BCUT2D eigenvalue weighted by Gasteiger charge is 2.34. The lowest BCUT2D eigenvalue weighted by Gasteiger charge is -2.34. The van der Waals surface area contributed by atoms with Crippen LogP contribution in [0.5, 0.6) is 0 Å². The van der Waals surface area contributed by atoms with Gasteiger partial charge in [-0.15, -0.1) is 5.10 Å². The largest absolute Gasteiger partial charge is 0.337 e. The SMILES string of the molecule is CC(C)C1CN(C(=O)c2cn[nH]c2-n2cnnn2)CCCN1CC1CC1. The van der Waals surface area contributed by atoms with Gasteiger partial charge in [0.25, 0.3) is 5.91 Å². The molecule has 9 nitrogen and oxygen atoms in total. The lowest BCUT2D eigenvalue weighted by atomic mass is 10.0. The maximum Gasteiger partial charge on any atom is 0.259 e. The molecule has 1 atom stereocenters. The first-order chi connectivity index (χ1) is 12.6. The molecule has 1 N–H and O–H groups in total. The fourth-order valence-electron chi connectivity index (χ4n) is 3.78. The number of rotatable bonds is 5. The summed E-state index contributed by atoms with van der Waals surface area (Å²) >= 11 is 0. The van der Waals surface area contributed by atoms with Crippen LogP contribution < -0.4 is 0 Å². The molecular formula is C17H26N8O. The zero-order valence-electron chi connectivity index (χ0n) is 15.4. The van der Waals surface area contributed by atoms with E-state index < -0.39 is 0 Å². The summed E-state index contributed by atoms with van der Waals surface area (Å²) in [5.74, 6) is 1.87. The van der Waals surface area contributed by atoms with Crippen LogP contribution in [0.15, 0.2) is 12.5 Å². The van der Waals surface area contributed by atoms with E-state index in [2.05, 4.69) is 44.5 Å². The second-order valence-corrected chi connectivity index (χ2v) is 7.74. The number of amides is 1. The summed E-state index contributed by atoms with van der Waals surface area (Å²) in [7, 11) is 0. The van der Waals surface area contributed by atoms with Crippen molar-refractivity contribution < 1.29 is 4.79 Å². The molecule has 1 saturated carbocycles. The summed E-state index contributed by atoms with van der Waals surface area (Å²) < 4.78 is 1.44. The number of nitrogens with one attached hydrogen (secondary N) is 1. The van der Waals surface area contributed by atoms with Crippen LogP contribution in [0.1, 0.15) is 43.5 Å². The highest BCUT2D eigenvalue weighted by molar-refractivity contribution is 5.97. The van der Waals surface area contributed by atoms with Gasteiger partial charge in [0.2, 0.25) is 0 Å². The van der Waals surface area contributed by atoms with E-state index in [0.29, 0.717) is 23.3 Å². The zero-order valence-corrected chi connectivity index (χ0v) is 15.4. The molecule has 4 rings (SSSR count). The van der Waals surface area contributed by atoms with Gasteiger partial charge in [-0.2, -0.15) is 9.78 Å². The summed E-state index contributed by atoms with van der Waals surface area (Å²) in [6, 6.07) is 0.394. The van der Waals surface area contributed by atoms with Gasteiger partial charge in [0, 0.05) is 32.2 Å². The molecule has 26 heavy (non-hydrogen) atoms. The number of aromatic nitrogens is 6. The molecule has 2 aliphatic rings. The highest BCUT2D eigenvalue weighted by atomic mass is 16.2. The maximum atomic E-state index is 13.2. The number of tetrazole rings is 1. The van der Waals surface area contributed by atoms with Gasteiger partial charge in [-0.05, 0) is 41.5 Å². The molecule has 2 aromatic heterocycles. The molecule has 2 fully saturated rings. The fraction of sp³-hybridized carbons (Fsp3) is 0.706. The Morgan fingerprint density at radius 3 is 2.88 bits per heavy atom. The van der Waals surface area contributed by atoms with Crippen molar-refractivity contribution in [3.63, 3.8) is 0 Å². The summed E-state index contributed by atoms with van der Waals surface area (Å²) in [6.07, 6.45) is 6.74. The number of nitrogens with zero attached hydrogens (tertiary/aromatic N) is 7. The van der Waals surface area contributed by atoms with Crippen LogP contribution in [0, 0.1) is 11.8 Å². The molecular weight excluding hydrogens is 332 g/mol. The Bertz CT molecular complexity index is 736. The van der Waals surface area contributed by atoms with Crippen LogP contribution >= 0.6 is 0 Å². The molecule has 1 amide bonds. The zero-order chi connectivity index (χ0) is 18.1. The molecule has 0 aromatic carbocycles. The number of hydrogen-bond acceptors (Lipinski definition) is 6. The molecule has 0 radical (unpaired) electrons. The number of carbonyl (C=O) groups is 1. The third kappa shape index (κ3) is 3.48. The lowest BCUT2D eigenvalue weighted by molar-refractivity contribution is 0.0704. The Hall–Kier alpha value is -2.29. The van der Waals surface area contributed by atoms with Gasteiger partial charge >= 0.3 is 0 Å². The minimum atomic E-state index is -0.0110. The van der Waals surface area contributed by atoms with Crippen molar-refractivity contribution in [2.24, 2.45) is 11.8 Å². The number of aromatic amines is 1. The van der Waals surface area contributed by atoms with E-state index >= 15 is 0 Å². The maximum absolute atomic E-state index is 13.2. The minimum absolute atomic E-state index is 0.0110. The van der Waals surface area contributed by atoms with E-state index in [-0.39, 0.29) is 5.91 Å². The van der Waals surface area contributed by atoms with Crippen molar-refractivity contribution in [3.8, 4) is 5.82 Å². The molecule has 0 spiro atoms. The number of H-pyrrole nitrogens is 1. The summed E-state index contributed by atoms with van der Waals surface area (Å²) in [4.78, 5) is 17.8. The quantitative estimate of drug-likeness (QED) is 0.855. The topological polar surface area (TPSA) is 95.8 Å². The average Bonchev–Trinajstić information content (AvgIpc) is 3.11. The van der Waals surface area contributed by atoms with Crippen LogP contribution in [0.25, 0.3) is 5.82 Å². The molecule has 1 unspecified atom stereocenters. The van der Waals surface area contributed by atoms with Crippen LogP contribution in [0.2, 0.25) is 0 Å².